The first kappa shape index (κ1) is 14.2. The highest BCUT2D eigenvalue weighted by Crippen LogP contribution is 2.40. The predicted molar refractivity (Wildman–Crippen MR) is 88.0 cm³/mol. The van der Waals surface area contributed by atoms with Crippen LogP contribution in [0.3, 0.4) is 0 Å². The van der Waals surface area contributed by atoms with Gasteiger partial charge in [0.2, 0.25) is 0 Å². The summed E-state index contributed by atoms with van der Waals surface area (Å²) in [4.78, 5) is 17.6. The molecule has 2 aliphatic carbocycles. The van der Waals surface area contributed by atoms with Gasteiger partial charge in [0, 0.05) is 17.0 Å². The molecule has 2 aromatic rings. The van der Waals surface area contributed by atoms with E-state index in [2.05, 4.69) is 11.4 Å². The molecule has 0 radical (unpaired) electrons. The Hall–Kier alpha value is -2.41. The Morgan fingerprint density at radius 3 is 2.70 bits per heavy atom. The molecule has 2 aliphatic rings. The van der Waals surface area contributed by atoms with Gasteiger partial charge in [-0.25, -0.2) is 0 Å². The van der Waals surface area contributed by atoms with Crippen LogP contribution in [0.25, 0.3) is 10.9 Å². The Balaban J connectivity index is 1.75. The number of carbonyl (C=O) groups excluding carboxylic acids is 1. The predicted octanol–water partition coefficient (Wildman–Crippen LogP) is 3.68. The number of aromatic nitrogens is 1. The average molecular weight is 305 g/mol. The van der Waals surface area contributed by atoms with Crippen molar-refractivity contribution in [3.8, 4) is 6.07 Å². The van der Waals surface area contributed by atoms with Gasteiger partial charge in [-0.3, -0.25) is 9.78 Å². The molecule has 0 spiro atoms. The van der Waals surface area contributed by atoms with E-state index in [9.17, 15) is 10.1 Å². The number of nitrogens with zero attached hydrogens (tertiary/aromatic N) is 2. The molecular weight excluding hydrogens is 286 g/mol. The van der Waals surface area contributed by atoms with Crippen LogP contribution < -0.4 is 5.32 Å². The molecule has 1 N–H and O–H groups in total. The van der Waals surface area contributed by atoms with Crippen LogP contribution in [-0.4, -0.2) is 16.4 Å². The van der Waals surface area contributed by atoms with Crippen molar-refractivity contribution in [2.75, 3.05) is 0 Å². The van der Waals surface area contributed by atoms with Crippen LogP contribution in [0.5, 0.6) is 0 Å². The van der Waals surface area contributed by atoms with E-state index in [4.69, 9.17) is 4.98 Å². The molecule has 1 heterocycles. The van der Waals surface area contributed by atoms with E-state index in [1.807, 2.05) is 30.3 Å². The van der Waals surface area contributed by atoms with Crippen LogP contribution in [0.15, 0.2) is 30.3 Å². The van der Waals surface area contributed by atoms with Gasteiger partial charge in [-0.2, -0.15) is 5.26 Å². The Morgan fingerprint density at radius 1 is 1.26 bits per heavy atom. The third kappa shape index (κ3) is 2.57. The molecular formula is C19H19N3O. The average Bonchev–Trinajstić information content (AvgIpc) is 3.34. The summed E-state index contributed by atoms with van der Waals surface area (Å²) in [5.41, 5.74) is 1.83. The SMILES string of the molecule is N#CC1(NC(=O)c2cc(C3CC3)nc3ccccc23)CCCC1. The van der Waals surface area contributed by atoms with E-state index in [0.29, 0.717) is 11.5 Å². The van der Waals surface area contributed by atoms with Crippen molar-refractivity contribution >= 4 is 16.8 Å². The Morgan fingerprint density at radius 2 is 2.00 bits per heavy atom. The fourth-order valence-corrected chi connectivity index (χ4v) is 3.50. The lowest BCUT2D eigenvalue weighted by atomic mass is 9.98. The second-order valence-electron chi connectivity index (χ2n) is 6.74. The van der Waals surface area contributed by atoms with E-state index in [1.54, 1.807) is 0 Å². The van der Waals surface area contributed by atoms with Crippen LogP contribution in [0.1, 0.15) is 60.5 Å². The maximum atomic E-state index is 12.9. The number of hydrogen-bond donors (Lipinski definition) is 1. The van der Waals surface area contributed by atoms with Gasteiger partial charge in [0.05, 0.1) is 17.1 Å². The molecule has 1 aromatic heterocycles. The molecule has 0 bridgehead atoms. The highest BCUT2D eigenvalue weighted by atomic mass is 16.1. The molecule has 23 heavy (non-hydrogen) atoms. The molecule has 0 unspecified atom stereocenters. The summed E-state index contributed by atoms with van der Waals surface area (Å²) in [6, 6.07) is 12.0. The normalized spacial score (nSPS) is 19.4. The first-order chi connectivity index (χ1) is 11.2. The minimum Gasteiger partial charge on any atom is -0.334 e. The van der Waals surface area contributed by atoms with Gasteiger partial charge in [0.15, 0.2) is 0 Å². The van der Waals surface area contributed by atoms with Crippen molar-refractivity contribution in [2.45, 2.75) is 50.0 Å². The molecule has 1 amide bonds. The summed E-state index contributed by atoms with van der Waals surface area (Å²) in [7, 11) is 0. The Kier molecular flexibility index (Phi) is 3.30. The number of carbonyl (C=O) groups is 1. The number of nitriles is 1. The number of amides is 1. The van der Waals surface area contributed by atoms with E-state index in [-0.39, 0.29) is 5.91 Å². The summed E-state index contributed by atoms with van der Waals surface area (Å²) in [5, 5.41) is 13.4. The van der Waals surface area contributed by atoms with Crippen LogP contribution >= 0.6 is 0 Å². The second kappa shape index (κ2) is 5.34. The van der Waals surface area contributed by atoms with Crippen molar-refractivity contribution in [1.29, 1.82) is 5.26 Å². The number of nitrogens with one attached hydrogen (secondary N) is 1. The summed E-state index contributed by atoms with van der Waals surface area (Å²) < 4.78 is 0. The maximum absolute atomic E-state index is 12.9. The highest BCUT2D eigenvalue weighted by Gasteiger charge is 2.36. The van der Waals surface area contributed by atoms with Gasteiger partial charge < -0.3 is 5.32 Å². The topological polar surface area (TPSA) is 65.8 Å². The molecule has 4 heteroatoms. The monoisotopic (exact) mass is 305 g/mol. The third-order valence-electron chi connectivity index (χ3n) is 5.00. The zero-order valence-corrected chi connectivity index (χ0v) is 13.0. The van der Waals surface area contributed by atoms with Gasteiger partial charge in [-0.15, -0.1) is 0 Å². The maximum Gasteiger partial charge on any atom is 0.253 e. The fraction of sp³-hybridized carbons (Fsp3) is 0.421. The zero-order valence-electron chi connectivity index (χ0n) is 13.0. The van der Waals surface area contributed by atoms with Crippen LogP contribution in [-0.2, 0) is 0 Å². The second-order valence-corrected chi connectivity index (χ2v) is 6.74. The lowest BCUT2D eigenvalue weighted by Gasteiger charge is -2.22. The van der Waals surface area contributed by atoms with Crippen molar-refractivity contribution in [1.82, 2.24) is 10.3 Å². The number of hydrogen-bond acceptors (Lipinski definition) is 3. The summed E-state index contributed by atoms with van der Waals surface area (Å²) in [5.74, 6) is 0.344. The minimum atomic E-state index is -0.693. The van der Waals surface area contributed by atoms with Gasteiger partial charge in [-0.05, 0) is 50.7 Å². The standard InChI is InChI=1S/C19H19N3O/c20-12-19(9-3-4-10-19)22-18(23)15-11-17(13-7-8-13)21-16-6-2-1-5-14(15)16/h1-2,5-6,11,13H,3-4,7-10H2,(H,22,23). The van der Waals surface area contributed by atoms with Crippen molar-refractivity contribution in [2.24, 2.45) is 0 Å². The van der Waals surface area contributed by atoms with Gasteiger partial charge in [0.25, 0.3) is 5.91 Å². The van der Waals surface area contributed by atoms with Crippen molar-refractivity contribution in [3.63, 3.8) is 0 Å². The summed E-state index contributed by atoms with van der Waals surface area (Å²) in [6.45, 7) is 0. The fourth-order valence-electron chi connectivity index (χ4n) is 3.50. The number of benzene rings is 1. The van der Waals surface area contributed by atoms with Gasteiger partial charge in [0.1, 0.15) is 5.54 Å². The molecule has 4 rings (SSSR count). The Labute approximate surface area is 135 Å². The van der Waals surface area contributed by atoms with Gasteiger partial charge in [-0.1, -0.05) is 18.2 Å². The lowest BCUT2D eigenvalue weighted by molar-refractivity contribution is 0.0922. The minimum absolute atomic E-state index is 0.144. The summed E-state index contributed by atoms with van der Waals surface area (Å²) in [6.07, 6.45) is 5.78. The molecule has 0 aliphatic heterocycles. The van der Waals surface area contributed by atoms with Crippen LogP contribution in [0, 0.1) is 11.3 Å². The van der Waals surface area contributed by atoms with Gasteiger partial charge >= 0.3 is 0 Å². The molecule has 4 nitrogen and oxygen atoms in total. The van der Waals surface area contributed by atoms with E-state index >= 15 is 0 Å². The Bertz CT molecular complexity index is 811. The van der Waals surface area contributed by atoms with E-state index < -0.39 is 5.54 Å². The number of rotatable bonds is 3. The molecule has 0 atom stereocenters. The van der Waals surface area contributed by atoms with Crippen molar-refractivity contribution in [3.05, 3.63) is 41.6 Å². The van der Waals surface area contributed by atoms with Crippen LogP contribution in [0.4, 0.5) is 0 Å². The number of para-hydroxylation sites is 1. The van der Waals surface area contributed by atoms with E-state index in [1.165, 1.54) is 0 Å². The first-order valence-corrected chi connectivity index (χ1v) is 8.34. The smallest absolute Gasteiger partial charge is 0.253 e. The number of fused-ring (bicyclic) bond motifs is 1. The molecule has 0 saturated heterocycles. The van der Waals surface area contributed by atoms with Crippen LogP contribution in [0.2, 0.25) is 0 Å². The van der Waals surface area contributed by atoms with Crippen molar-refractivity contribution < 1.29 is 4.79 Å². The largest absolute Gasteiger partial charge is 0.334 e. The first-order valence-electron chi connectivity index (χ1n) is 8.34. The summed E-state index contributed by atoms with van der Waals surface area (Å²) >= 11 is 0. The quantitative estimate of drug-likeness (QED) is 0.940. The molecule has 2 saturated carbocycles. The number of pyridine rings is 1. The highest BCUT2D eigenvalue weighted by molar-refractivity contribution is 6.06. The third-order valence-corrected chi connectivity index (χ3v) is 5.00. The lowest BCUT2D eigenvalue weighted by Crippen LogP contribution is -2.45. The molecule has 1 aromatic carbocycles. The molecule has 116 valence electrons. The van der Waals surface area contributed by atoms with E-state index in [0.717, 1.165) is 55.1 Å². The zero-order chi connectivity index (χ0) is 15.9. The molecule has 2 fully saturated rings.